The van der Waals surface area contributed by atoms with Crippen molar-refractivity contribution >= 4 is 35.1 Å². The van der Waals surface area contributed by atoms with Gasteiger partial charge in [-0.05, 0) is 0 Å². The van der Waals surface area contributed by atoms with E-state index in [2.05, 4.69) is 0 Å². The minimum atomic E-state index is -2.44. The Balaban J connectivity index is -0.000000336. The normalized spacial score (nSPS) is 15.7. The number of aliphatic hydroxyl groups is 4. The van der Waals surface area contributed by atoms with Gasteiger partial charge in [-0.25, -0.2) is 0 Å². The summed E-state index contributed by atoms with van der Waals surface area (Å²) in [5.74, 6) is -3.46. The van der Waals surface area contributed by atoms with Crippen LogP contribution in [0.2, 0.25) is 0 Å². The van der Waals surface area contributed by atoms with Gasteiger partial charge in [-0.1, -0.05) is 0 Å². The van der Waals surface area contributed by atoms with E-state index in [4.69, 9.17) is 43.6 Å². The number of rotatable bonds is 9. The van der Waals surface area contributed by atoms with E-state index in [1.54, 1.807) is 0 Å². The molecule has 10 nitrogen and oxygen atoms in total. The highest BCUT2D eigenvalue weighted by atomic mass is 35.5. The molecule has 2 unspecified atom stereocenters. The molecule has 4 atom stereocenters. The lowest BCUT2D eigenvalue weighted by Gasteiger charge is -2.25. The third kappa shape index (κ3) is 23.3. The summed E-state index contributed by atoms with van der Waals surface area (Å²) in [5, 5.41) is 53.8. The summed E-state index contributed by atoms with van der Waals surface area (Å²) in [4.78, 5) is 19.3. The number of quaternary nitrogens is 2. The second-order valence-corrected chi connectivity index (χ2v) is 8.71. The van der Waals surface area contributed by atoms with E-state index in [1.165, 1.54) is 0 Å². The molecular weight excluding hydrogens is 419 g/mol. The number of carbonyl (C=O) groups excluding carboxylic acids is 2. The molecular formula is C16H34Cl2N2O8. The Labute approximate surface area is 176 Å². The number of nitrogens with zero attached hydrogens (tertiary/aromatic N) is 2. The molecule has 12 heteroatoms. The zero-order valence-corrected chi connectivity index (χ0v) is 18.7. The van der Waals surface area contributed by atoms with Gasteiger partial charge in [0.2, 0.25) is 0 Å². The highest BCUT2D eigenvalue weighted by Crippen LogP contribution is 1.96. The lowest BCUT2D eigenvalue weighted by molar-refractivity contribution is -0.873. The van der Waals surface area contributed by atoms with Crippen molar-refractivity contribution in [1.29, 1.82) is 0 Å². The largest absolute Gasteiger partial charge is 0.547 e. The minimum absolute atomic E-state index is 0.329. The molecule has 0 radical (unpaired) electrons. The van der Waals surface area contributed by atoms with Gasteiger partial charge in [-0.15, -0.1) is 23.2 Å². The highest BCUT2D eigenvalue weighted by Gasteiger charge is 2.17. The lowest BCUT2D eigenvalue weighted by Crippen LogP contribution is -2.51. The summed E-state index contributed by atoms with van der Waals surface area (Å²) in [6.07, 6.45) is -5.62. The molecule has 28 heavy (non-hydrogen) atoms. The van der Waals surface area contributed by atoms with Gasteiger partial charge >= 0.3 is 0 Å². The van der Waals surface area contributed by atoms with Crippen molar-refractivity contribution in [3.8, 4) is 0 Å². The first-order chi connectivity index (χ1) is 12.4. The Morgan fingerprint density at radius 2 is 0.929 bits per heavy atom. The van der Waals surface area contributed by atoms with Crippen molar-refractivity contribution in [1.82, 2.24) is 0 Å². The van der Waals surface area contributed by atoms with Crippen LogP contribution >= 0.6 is 23.2 Å². The number of carbonyl (C=O) groups is 2. The minimum Gasteiger partial charge on any atom is -0.547 e. The zero-order chi connectivity index (χ0) is 23.3. The summed E-state index contributed by atoms with van der Waals surface area (Å²) in [7, 11) is 12.1. The van der Waals surface area contributed by atoms with Gasteiger partial charge in [0.25, 0.3) is 0 Å². The average Bonchev–Trinajstić information content (AvgIpc) is 2.51. The summed E-state index contributed by atoms with van der Waals surface area (Å²) >= 11 is 10.8. The summed E-state index contributed by atoms with van der Waals surface area (Å²) in [6.45, 7) is 1.42. The van der Waals surface area contributed by atoms with Crippen LogP contribution in [0.1, 0.15) is 0 Å². The van der Waals surface area contributed by atoms with E-state index in [0.717, 1.165) is 8.97 Å². The maximum Gasteiger partial charge on any atom is 0.124 e. The van der Waals surface area contributed by atoms with Crippen molar-refractivity contribution in [2.75, 3.05) is 67.1 Å². The molecule has 0 aromatic heterocycles. The van der Waals surface area contributed by atoms with Gasteiger partial charge in [0.05, 0.1) is 66.0 Å². The molecule has 0 bridgehead atoms. The molecule has 0 spiro atoms. The number of aliphatic carboxylic acids is 2. The number of alkyl halides is 2. The van der Waals surface area contributed by atoms with Crippen molar-refractivity contribution in [3.05, 3.63) is 0 Å². The van der Waals surface area contributed by atoms with Crippen LogP contribution < -0.4 is 10.2 Å². The van der Waals surface area contributed by atoms with Crippen LogP contribution in [0.15, 0.2) is 0 Å². The molecule has 0 rings (SSSR count). The Morgan fingerprint density at radius 1 is 0.714 bits per heavy atom. The van der Waals surface area contributed by atoms with Crippen molar-refractivity contribution < 1.29 is 49.2 Å². The first-order valence-corrected chi connectivity index (χ1v) is 9.31. The Hall–Kier alpha value is -0.720. The highest BCUT2D eigenvalue weighted by molar-refractivity contribution is 6.18. The van der Waals surface area contributed by atoms with E-state index in [-0.39, 0.29) is 12.2 Å². The van der Waals surface area contributed by atoms with E-state index >= 15 is 0 Å². The molecule has 4 N–H and O–H groups in total. The van der Waals surface area contributed by atoms with Gasteiger partial charge < -0.3 is 49.2 Å². The fourth-order valence-electron chi connectivity index (χ4n) is 1.62. The van der Waals surface area contributed by atoms with Crippen LogP contribution in [0.5, 0.6) is 0 Å². The van der Waals surface area contributed by atoms with Crippen LogP contribution in [0.4, 0.5) is 0 Å². The molecule has 0 aromatic rings. The molecule has 0 aliphatic carbocycles. The van der Waals surface area contributed by atoms with Gasteiger partial charge in [0.1, 0.15) is 37.5 Å². The number of halogens is 2. The van der Waals surface area contributed by atoms with Crippen molar-refractivity contribution in [2.24, 2.45) is 0 Å². The quantitative estimate of drug-likeness (QED) is 0.202. The molecule has 0 aliphatic heterocycles. The fourth-order valence-corrected chi connectivity index (χ4v) is 1.82. The first-order valence-electron chi connectivity index (χ1n) is 8.24. The molecule has 0 aromatic carbocycles. The van der Waals surface area contributed by atoms with Gasteiger partial charge in [0.15, 0.2) is 0 Å². The average molecular weight is 453 g/mol. The van der Waals surface area contributed by atoms with Crippen LogP contribution in [0.3, 0.4) is 0 Å². The van der Waals surface area contributed by atoms with Crippen LogP contribution in [0, 0.1) is 0 Å². The van der Waals surface area contributed by atoms with Gasteiger partial charge in [-0.2, -0.15) is 0 Å². The third-order valence-corrected chi connectivity index (χ3v) is 3.37. The SMILES string of the molecule is C[N+](C)(C)CC(O)CCl.C[N+](C)(C)CC(O)CCl.O=C([O-])[C@@H](O)[C@H](O)C(=O)[O-]. The summed E-state index contributed by atoms with van der Waals surface area (Å²) in [5.41, 5.74) is 0. The molecule has 0 heterocycles. The van der Waals surface area contributed by atoms with Crippen LogP contribution in [-0.2, 0) is 9.59 Å². The number of carboxylic acids is 2. The summed E-state index contributed by atoms with van der Waals surface area (Å²) < 4.78 is 1.52. The van der Waals surface area contributed by atoms with Crippen molar-refractivity contribution in [2.45, 2.75) is 24.4 Å². The fraction of sp³-hybridized carbons (Fsp3) is 0.875. The number of likely N-dealkylation sites (N-methyl/N-ethyl adjacent to an activating group) is 2. The number of hydrogen-bond donors (Lipinski definition) is 4. The molecule has 0 saturated carbocycles. The maximum atomic E-state index is 9.63. The Morgan fingerprint density at radius 3 is 1.00 bits per heavy atom. The second-order valence-electron chi connectivity index (χ2n) is 8.09. The number of carboxylic acid groups (broad SMARTS) is 2. The lowest BCUT2D eigenvalue weighted by atomic mass is 10.2. The third-order valence-electron chi connectivity index (χ3n) is 2.66. The molecule has 0 fully saturated rings. The zero-order valence-electron chi connectivity index (χ0n) is 17.2. The second kappa shape index (κ2) is 15.2. The maximum absolute atomic E-state index is 9.63. The molecule has 170 valence electrons. The van der Waals surface area contributed by atoms with Crippen molar-refractivity contribution in [3.63, 3.8) is 0 Å². The van der Waals surface area contributed by atoms with E-state index < -0.39 is 24.1 Å². The topological polar surface area (TPSA) is 161 Å². The predicted octanol–water partition coefficient (Wildman–Crippen LogP) is -4.21. The Kier molecular flexibility index (Phi) is 17.3. The first kappa shape index (κ1) is 32.0. The standard InChI is InChI=1S/2C6H15ClNO.C4H6O6/c2*1-8(2,3)5-6(9)4-7;5-1(3(7)8)2(6)4(9)10/h2*6,9H,4-5H2,1-3H3;1-2,5-6H,(H,7,8)(H,9,10)/q2*+1;/p-2/t;;1-,2-/m..0/s1. The van der Waals surface area contributed by atoms with E-state index in [1.807, 2.05) is 42.3 Å². The molecule has 0 saturated heterocycles. The van der Waals surface area contributed by atoms with Crippen LogP contribution in [-0.4, -0.2) is 133 Å². The van der Waals surface area contributed by atoms with Crippen LogP contribution in [0.25, 0.3) is 0 Å². The smallest absolute Gasteiger partial charge is 0.124 e. The van der Waals surface area contributed by atoms with Gasteiger partial charge in [0, 0.05) is 0 Å². The van der Waals surface area contributed by atoms with E-state index in [9.17, 15) is 19.8 Å². The van der Waals surface area contributed by atoms with E-state index in [0.29, 0.717) is 24.8 Å². The molecule has 0 amide bonds. The van der Waals surface area contributed by atoms with Gasteiger partial charge in [-0.3, -0.25) is 0 Å². The summed E-state index contributed by atoms with van der Waals surface area (Å²) in [6, 6.07) is 0. The Bertz CT molecular complexity index is 401. The monoisotopic (exact) mass is 452 g/mol. The predicted molar refractivity (Wildman–Crippen MR) is 101 cm³/mol. The number of hydrogen-bond acceptors (Lipinski definition) is 8. The molecule has 0 aliphatic rings. The number of aliphatic hydroxyl groups excluding tert-OH is 4.